The summed E-state index contributed by atoms with van der Waals surface area (Å²) in [5.74, 6) is 0.735. The van der Waals surface area contributed by atoms with Crippen LogP contribution < -0.4 is 5.32 Å². The number of piperidine rings is 1. The highest BCUT2D eigenvalue weighted by molar-refractivity contribution is 5.89. The van der Waals surface area contributed by atoms with Crippen LogP contribution in [0.5, 0.6) is 0 Å². The van der Waals surface area contributed by atoms with Gasteiger partial charge in [0, 0.05) is 19.3 Å². The van der Waals surface area contributed by atoms with Crippen LogP contribution in [0.3, 0.4) is 0 Å². The second-order valence-electron chi connectivity index (χ2n) is 6.83. The Balaban J connectivity index is 1.37. The average molecular weight is 329 g/mol. The molecule has 2 aliphatic rings. The second kappa shape index (κ2) is 6.26. The Kier molecular flexibility index (Phi) is 3.95. The summed E-state index contributed by atoms with van der Waals surface area (Å²) in [7, 11) is 0. The van der Waals surface area contributed by atoms with E-state index in [2.05, 4.69) is 27.4 Å². The summed E-state index contributed by atoms with van der Waals surface area (Å²) in [5.41, 5.74) is 0.760. The van der Waals surface area contributed by atoms with E-state index in [4.69, 9.17) is 0 Å². The van der Waals surface area contributed by atoms with Crippen molar-refractivity contribution in [3.05, 3.63) is 25.0 Å². The first kappa shape index (κ1) is 15.2. The maximum Gasteiger partial charge on any atom is 0.322 e. The Morgan fingerprint density at radius 2 is 2.21 bits per heavy atom. The molecule has 1 saturated heterocycles. The molecular formula is C16H23N7O. The topological polar surface area (TPSA) is 80.9 Å². The number of nitrogens with one attached hydrogen (secondary N) is 1. The normalized spacial score (nSPS) is 22.4. The number of carbonyl (C=O) groups excluding carboxylic acids is 1. The molecule has 1 saturated carbocycles. The van der Waals surface area contributed by atoms with Crippen molar-refractivity contribution in [3.8, 4) is 0 Å². The first-order valence-electron chi connectivity index (χ1n) is 8.65. The molecule has 128 valence electrons. The molecule has 0 spiro atoms. The van der Waals surface area contributed by atoms with E-state index in [0.29, 0.717) is 12.6 Å². The van der Waals surface area contributed by atoms with Gasteiger partial charge in [0.15, 0.2) is 0 Å². The highest BCUT2D eigenvalue weighted by Gasteiger charge is 2.30. The molecule has 8 heteroatoms. The number of aromatic nitrogens is 5. The number of urea groups is 1. The minimum Gasteiger partial charge on any atom is -0.322 e. The summed E-state index contributed by atoms with van der Waals surface area (Å²) >= 11 is 0. The Hall–Kier alpha value is -2.38. The molecule has 8 nitrogen and oxygen atoms in total. The Morgan fingerprint density at radius 1 is 1.33 bits per heavy atom. The summed E-state index contributed by atoms with van der Waals surface area (Å²) < 4.78 is 3.80. The molecule has 2 aromatic rings. The van der Waals surface area contributed by atoms with Crippen LogP contribution in [0.1, 0.15) is 44.7 Å². The molecule has 24 heavy (non-hydrogen) atoms. The van der Waals surface area contributed by atoms with Crippen molar-refractivity contribution >= 4 is 11.7 Å². The van der Waals surface area contributed by atoms with Crippen LogP contribution in [-0.4, -0.2) is 48.6 Å². The lowest BCUT2D eigenvalue weighted by Gasteiger charge is -2.32. The third-order valence-corrected chi connectivity index (χ3v) is 5.07. The van der Waals surface area contributed by atoms with E-state index in [-0.39, 0.29) is 12.1 Å². The number of hydrogen-bond donors (Lipinski definition) is 1. The van der Waals surface area contributed by atoms with Crippen molar-refractivity contribution in [1.82, 2.24) is 29.4 Å². The van der Waals surface area contributed by atoms with E-state index in [1.165, 1.54) is 19.2 Å². The van der Waals surface area contributed by atoms with Gasteiger partial charge in [-0.2, -0.15) is 10.2 Å². The SMILES string of the molecule is C[C@H](C1CC1)n1cc(NC(=O)N2CCC[C@@H](n3cncn3)C2)cn1. The fourth-order valence-electron chi connectivity index (χ4n) is 3.38. The highest BCUT2D eigenvalue weighted by atomic mass is 16.2. The van der Waals surface area contributed by atoms with Gasteiger partial charge in [0.05, 0.1) is 24.0 Å². The second-order valence-corrected chi connectivity index (χ2v) is 6.83. The minimum absolute atomic E-state index is 0.0709. The lowest BCUT2D eigenvalue weighted by molar-refractivity contribution is 0.174. The van der Waals surface area contributed by atoms with Crippen molar-refractivity contribution < 1.29 is 4.79 Å². The van der Waals surface area contributed by atoms with E-state index in [0.717, 1.165) is 31.0 Å². The number of hydrogen-bond acceptors (Lipinski definition) is 4. The molecule has 0 radical (unpaired) electrons. The standard InChI is InChI=1S/C16H23N7O/c1-12(13-4-5-13)22-8-14(7-18-22)20-16(24)21-6-2-3-15(9-21)23-11-17-10-19-23/h7-8,10-13,15H,2-6,9H2,1H3,(H,20,24)/t12-,15-/m1/s1. The largest absolute Gasteiger partial charge is 0.322 e. The third kappa shape index (κ3) is 3.13. The summed E-state index contributed by atoms with van der Waals surface area (Å²) in [6.45, 7) is 3.61. The van der Waals surface area contributed by atoms with Gasteiger partial charge in [-0.1, -0.05) is 0 Å². The van der Waals surface area contributed by atoms with Crippen LogP contribution in [0.15, 0.2) is 25.0 Å². The Labute approximate surface area is 140 Å². The van der Waals surface area contributed by atoms with Gasteiger partial charge in [0.2, 0.25) is 0 Å². The molecule has 0 bridgehead atoms. The molecule has 1 aliphatic carbocycles. The summed E-state index contributed by atoms with van der Waals surface area (Å²) in [6.07, 6.45) is 11.5. The van der Waals surface area contributed by atoms with Crippen LogP contribution in [0.25, 0.3) is 0 Å². The zero-order valence-electron chi connectivity index (χ0n) is 13.9. The monoisotopic (exact) mass is 329 g/mol. The maximum absolute atomic E-state index is 12.5. The number of carbonyl (C=O) groups is 1. The van der Waals surface area contributed by atoms with Gasteiger partial charge in [-0.05, 0) is 38.5 Å². The minimum atomic E-state index is -0.0709. The lowest BCUT2D eigenvalue weighted by atomic mass is 10.1. The Morgan fingerprint density at radius 3 is 2.96 bits per heavy atom. The number of likely N-dealkylation sites (tertiary alicyclic amines) is 1. The molecule has 1 aliphatic heterocycles. The van der Waals surface area contributed by atoms with Gasteiger partial charge in [-0.3, -0.25) is 4.68 Å². The summed E-state index contributed by atoms with van der Waals surface area (Å²) in [4.78, 5) is 18.4. The van der Waals surface area contributed by atoms with Gasteiger partial charge < -0.3 is 10.2 Å². The molecule has 4 rings (SSSR count). The van der Waals surface area contributed by atoms with E-state index in [1.807, 2.05) is 20.5 Å². The highest BCUT2D eigenvalue weighted by Crippen LogP contribution is 2.39. The van der Waals surface area contributed by atoms with E-state index < -0.39 is 0 Å². The van der Waals surface area contributed by atoms with E-state index >= 15 is 0 Å². The molecule has 0 unspecified atom stereocenters. The van der Waals surface area contributed by atoms with Crippen molar-refractivity contribution in [2.24, 2.45) is 5.92 Å². The van der Waals surface area contributed by atoms with Gasteiger partial charge in [0.25, 0.3) is 0 Å². The molecule has 3 heterocycles. The van der Waals surface area contributed by atoms with Crippen LogP contribution in [0, 0.1) is 5.92 Å². The zero-order chi connectivity index (χ0) is 16.5. The number of amides is 2. The fraction of sp³-hybridized carbons (Fsp3) is 0.625. The molecular weight excluding hydrogens is 306 g/mol. The van der Waals surface area contributed by atoms with Crippen LogP contribution >= 0.6 is 0 Å². The summed E-state index contributed by atoms with van der Waals surface area (Å²) in [6, 6.07) is 0.533. The Bertz CT molecular complexity index is 691. The van der Waals surface area contributed by atoms with Crippen LogP contribution in [-0.2, 0) is 0 Å². The van der Waals surface area contributed by atoms with Gasteiger partial charge in [0.1, 0.15) is 12.7 Å². The smallest absolute Gasteiger partial charge is 0.322 e. The van der Waals surface area contributed by atoms with Gasteiger partial charge in [-0.15, -0.1) is 0 Å². The van der Waals surface area contributed by atoms with E-state index in [9.17, 15) is 4.79 Å². The van der Waals surface area contributed by atoms with Crippen molar-refractivity contribution in [2.45, 2.75) is 44.7 Å². The average Bonchev–Trinajstić information content (AvgIpc) is 3.10. The molecule has 2 aromatic heterocycles. The maximum atomic E-state index is 12.5. The van der Waals surface area contributed by atoms with Gasteiger partial charge in [-0.25, -0.2) is 14.5 Å². The molecule has 2 fully saturated rings. The third-order valence-electron chi connectivity index (χ3n) is 5.07. The molecule has 0 aromatic carbocycles. The van der Waals surface area contributed by atoms with Crippen molar-refractivity contribution in [2.75, 3.05) is 18.4 Å². The number of rotatable bonds is 4. The molecule has 2 atom stereocenters. The molecule has 2 amide bonds. The van der Waals surface area contributed by atoms with Crippen molar-refractivity contribution in [3.63, 3.8) is 0 Å². The fourth-order valence-corrected chi connectivity index (χ4v) is 3.38. The van der Waals surface area contributed by atoms with Crippen molar-refractivity contribution in [1.29, 1.82) is 0 Å². The van der Waals surface area contributed by atoms with Gasteiger partial charge >= 0.3 is 6.03 Å². The van der Waals surface area contributed by atoms with E-state index in [1.54, 1.807) is 12.5 Å². The van der Waals surface area contributed by atoms with Crippen LogP contribution in [0.2, 0.25) is 0 Å². The lowest BCUT2D eigenvalue weighted by Crippen LogP contribution is -2.43. The summed E-state index contributed by atoms with van der Waals surface area (Å²) in [5, 5.41) is 11.6. The predicted octanol–water partition coefficient (Wildman–Crippen LogP) is 2.31. The number of anilines is 1. The zero-order valence-corrected chi connectivity index (χ0v) is 13.9. The quantitative estimate of drug-likeness (QED) is 0.933. The first-order valence-corrected chi connectivity index (χ1v) is 8.65. The number of nitrogens with zero attached hydrogens (tertiary/aromatic N) is 6. The first-order chi connectivity index (χ1) is 11.7. The predicted molar refractivity (Wildman–Crippen MR) is 88.5 cm³/mol. The molecule has 1 N–H and O–H groups in total. The van der Waals surface area contributed by atoms with Crippen LogP contribution in [0.4, 0.5) is 10.5 Å².